The van der Waals surface area contributed by atoms with Crippen molar-refractivity contribution >= 4 is 5.78 Å². The highest BCUT2D eigenvalue weighted by Crippen LogP contribution is 2.19. The molecule has 88 valence electrons. The van der Waals surface area contributed by atoms with Gasteiger partial charge in [-0.2, -0.15) is 5.10 Å². The smallest absolute Gasteiger partial charge is 0.211 e. The van der Waals surface area contributed by atoms with Crippen LogP contribution in [-0.4, -0.2) is 22.7 Å². The molecule has 1 heterocycles. The van der Waals surface area contributed by atoms with Gasteiger partial charge in [0.1, 0.15) is 11.4 Å². The number of hydrogen-bond donors (Lipinski definition) is 0. The summed E-state index contributed by atoms with van der Waals surface area (Å²) in [7, 11) is 3.36. The van der Waals surface area contributed by atoms with E-state index in [0.717, 1.165) is 11.3 Å². The monoisotopic (exact) mass is 230 g/mol. The lowest BCUT2D eigenvalue weighted by atomic mass is 10.0. The van der Waals surface area contributed by atoms with Crippen LogP contribution in [0.1, 0.15) is 21.6 Å². The minimum absolute atomic E-state index is 0.0230. The summed E-state index contributed by atoms with van der Waals surface area (Å²) in [5.41, 5.74) is 2.16. The number of hydrogen-bond acceptors (Lipinski definition) is 3. The molecule has 0 bridgehead atoms. The average molecular weight is 230 g/mol. The minimum atomic E-state index is -0.0230. The Morgan fingerprint density at radius 2 is 2.12 bits per heavy atom. The van der Waals surface area contributed by atoms with Crippen molar-refractivity contribution in [2.24, 2.45) is 7.05 Å². The second-order valence-electron chi connectivity index (χ2n) is 3.85. The van der Waals surface area contributed by atoms with E-state index in [2.05, 4.69) is 5.10 Å². The van der Waals surface area contributed by atoms with Crippen molar-refractivity contribution in [3.05, 3.63) is 47.3 Å². The van der Waals surface area contributed by atoms with Gasteiger partial charge < -0.3 is 4.74 Å². The van der Waals surface area contributed by atoms with Gasteiger partial charge in [-0.25, -0.2) is 0 Å². The molecule has 0 unspecified atom stereocenters. The normalized spacial score (nSPS) is 10.3. The Bertz CT molecular complexity index is 558. The second kappa shape index (κ2) is 4.41. The molecule has 4 nitrogen and oxygen atoms in total. The third-order valence-corrected chi connectivity index (χ3v) is 2.73. The number of carbonyl (C=O) groups is 1. The fourth-order valence-electron chi connectivity index (χ4n) is 1.75. The Morgan fingerprint density at radius 1 is 1.35 bits per heavy atom. The Kier molecular flexibility index (Phi) is 2.95. The first kappa shape index (κ1) is 11.4. The van der Waals surface area contributed by atoms with Crippen LogP contribution in [0.5, 0.6) is 5.75 Å². The number of aromatic nitrogens is 2. The summed E-state index contributed by atoms with van der Waals surface area (Å²) in [5, 5.41) is 4.00. The largest absolute Gasteiger partial charge is 0.497 e. The van der Waals surface area contributed by atoms with Crippen molar-refractivity contribution < 1.29 is 9.53 Å². The quantitative estimate of drug-likeness (QED) is 0.757. The van der Waals surface area contributed by atoms with Gasteiger partial charge in [0.2, 0.25) is 5.78 Å². The van der Waals surface area contributed by atoms with E-state index in [1.165, 1.54) is 0 Å². The molecular formula is C13H14N2O2. The van der Waals surface area contributed by atoms with Crippen LogP contribution >= 0.6 is 0 Å². The molecule has 17 heavy (non-hydrogen) atoms. The minimum Gasteiger partial charge on any atom is -0.497 e. The molecule has 0 saturated heterocycles. The predicted molar refractivity (Wildman–Crippen MR) is 64.4 cm³/mol. The van der Waals surface area contributed by atoms with Crippen LogP contribution in [0.4, 0.5) is 0 Å². The van der Waals surface area contributed by atoms with Crippen LogP contribution < -0.4 is 4.74 Å². The summed E-state index contributed by atoms with van der Waals surface area (Å²) in [4.78, 5) is 12.2. The molecule has 1 aromatic heterocycles. The van der Waals surface area contributed by atoms with Crippen molar-refractivity contribution in [3.8, 4) is 5.75 Å². The molecule has 0 atom stereocenters. The lowest BCUT2D eigenvalue weighted by molar-refractivity contribution is 0.102. The number of benzene rings is 1. The highest BCUT2D eigenvalue weighted by molar-refractivity contribution is 6.08. The molecule has 0 radical (unpaired) electrons. The third-order valence-electron chi connectivity index (χ3n) is 2.73. The van der Waals surface area contributed by atoms with Crippen molar-refractivity contribution in [3.63, 3.8) is 0 Å². The maximum atomic E-state index is 12.2. The highest BCUT2D eigenvalue weighted by Gasteiger charge is 2.15. The van der Waals surface area contributed by atoms with Crippen molar-refractivity contribution in [2.45, 2.75) is 6.92 Å². The third kappa shape index (κ3) is 2.06. The number of nitrogens with zero attached hydrogens (tertiary/aromatic N) is 2. The first-order chi connectivity index (χ1) is 8.13. The van der Waals surface area contributed by atoms with E-state index >= 15 is 0 Å². The summed E-state index contributed by atoms with van der Waals surface area (Å²) in [6.45, 7) is 1.89. The molecular weight excluding hydrogens is 216 g/mol. The lowest BCUT2D eigenvalue weighted by Gasteiger charge is -2.07. The topological polar surface area (TPSA) is 44.1 Å². The molecule has 0 N–H and O–H groups in total. The molecule has 4 heteroatoms. The van der Waals surface area contributed by atoms with Gasteiger partial charge in [-0.05, 0) is 36.8 Å². The van der Waals surface area contributed by atoms with Crippen LogP contribution in [0.15, 0.2) is 30.5 Å². The number of rotatable bonds is 3. The van der Waals surface area contributed by atoms with Crippen molar-refractivity contribution in [1.29, 1.82) is 0 Å². The number of methoxy groups -OCH3 is 1. The molecule has 2 rings (SSSR count). The zero-order chi connectivity index (χ0) is 12.4. The number of aryl methyl sites for hydroxylation is 2. The van der Waals surface area contributed by atoms with E-state index in [1.54, 1.807) is 43.2 Å². The first-order valence-corrected chi connectivity index (χ1v) is 5.31. The van der Waals surface area contributed by atoms with E-state index < -0.39 is 0 Å². The summed E-state index contributed by atoms with van der Waals surface area (Å²) in [5.74, 6) is 0.731. The molecule has 2 aromatic rings. The summed E-state index contributed by atoms with van der Waals surface area (Å²) in [6.07, 6.45) is 1.62. The Balaban J connectivity index is 2.41. The molecule has 0 aliphatic heterocycles. The van der Waals surface area contributed by atoms with Crippen LogP contribution in [-0.2, 0) is 7.05 Å². The van der Waals surface area contributed by atoms with Crippen LogP contribution in [0.2, 0.25) is 0 Å². The highest BCUT2D eigenvalue weighted by atomic mass is 16.5. The first-order valence-electron chi connectivity index (χ1n) is 5.31. The van der Waals surface area contributed by atoms with Gasteiger partial charge in [-0.3, -0.25) is 9.48 Å². The van der Waals surface area contributed by atoms with Crippen LogP contribution in [0.25, 0.3) is 0 Å². The molecule has 0 aliphatic carbocycles. The van der Waals surface area contributed by atoms with Crippen LogP contribution in [0.3, 0.4) is 0 Å². The Hall–Kier alpha value is -2.10. The summed E-state index contributed by atoms with van der Waals surface area (Å²) < 4.78 is 6.69. The van der Waals surface area contributed by atoms with Crippen molar-refractivity contribution in [1.82, 2.24) is 9.78 Å². The van der Waals surface area contributed by atoms with Gasteiger partial charge in [0.05, 0.1) is 7.11 Å². The van der Waals surface area contributed by atoms with E-state index in [-0.39, 0.29) is 5.78 Å². The maximum Gasteiger partial charge on any atom is 0.211 e. The molecule has 0 spiro atoms. The SMILES string of the molecule is COc1ccc(C(=O)c2ccnn2C)c(C)c1. The van der Waals surface area contributed by atoms with E-state index in [1.807, 2.05) is 13.0 Å². The van der Waals surface area contributed by atoms with Gasteiger partial charge in [0, 0.05) is 18.8 Å². The fraction of sp³-hybridized carbons (Fsp3) is 0.231. The van der Waals surface area contributed by atoms with E-state index in [9.17, 15) is 4.79 Å². The van der Waals surface area contributed by atoms with E-state index in [4.69, 9.17) is 4.74 Å². The van der Waals surface area contributed by atoms with Gasteiger partial charge in [-0.15, -0.1) is 0 Å². The Morgan fingerprint density at radius 3 is 2.65 bits per heavy atom. The standard InChI is InChI=1S/C13H14N2O2/c1-9-8-10(17-3)4-5-11(9)13(16)12-6-7-14-15(12)2/h4-8H,1-3H3. The zero-order valence-corrected chi connectivity index (χ0v) is 10.1. The zero-order valence-electron chi connectivity index (χ0n) is 10.1. The van der Waals surface area contributed by atoms with Gasteiger partial charge in [-0.1, -0.05) is 0 Å². The fourth-order valence-corrected chi connectivity index (χ4v) is 1.75. The summed E-state index contributed by atoms with van der Waals surface area (Å²) >= 11 is 0. The van der Waals surface area contributed by atoms with E-state index in [0.29, 0.717) is 11.3 Å². The number of carbonyl (C=O) groups excluding carboxylic acids is 1. The second-order valence-corrected chi connectivity index (χ2v) is 3.85. The molecule has 0 aliphatic rings. The predicted octanol–water partition coefficient (Wildman–Crippen LogP) is 1.97. The lowest BCUT2D eigenvalue weighted by Crippen LogP contribution is -2.09. The van der Waals surface area contributed by atoms with Gasteiger partial charge in [0.25, 0.3) is 0 Å². The molecule has 1 aromatic carbocycles. The molecule has 0 saturated carbocycles. The van der Waals surface area contributed by atoms with Gasteiger partial charge >= 0.3 is 0 Å². The Labute approximate surface area is 99.8 Å². The van der Waals surface area contributed by atoms with Crippen LogP contribution in [0, 0.1) is 6.92 Å². The molecule has 0 amide bonds. The maximum absolute atomic E-state index is 12.2. The summed E-state index contributed by atoms with van der Waals surface area (Å²) in [6, 6.07) is 7.13. The van der Waals surface area contributed by atoms with Crippen molar-refractivity contribution in [2.75, 3.05) is 7.11 Å². The average Bonchev–Trinajstić information content (AvgIpc) is 2.74. The number of ether oxygens (including phenoxy) is 1. The van der Waals surface area contributed by atoms with Gasteiger partial charge in [0.15, 0.2) is 0 Å². The number of ketones is 1. The molecule has 0 fully saturated rings.